The second kappa shape index (κ2) is 6.98. The van der Waals surface area contributed by atoms with Crippen LogP contribution in [0.3, 0.4) is 0 Å². The predicted octanol–water partition coefficient (Wildman–Crippen LogP) is 2.68. The summed E-state index contributed by atoms with van der Waals surface area (Å²) in [7, 11) is 0. The highest BCUT2D eigenvalue weighted by atomic mass is 35.5. The zero-order valence-electron chi connectivity index (χ0n) is 11.4. The van der Waals surface area contributed by atoms with E-state index in [9.17, 15) is 0 Å². The quantitative estimate of drug-likeness (QED) is 0.835. The van der Waals surface area contributed by atoms with Gasteiger partial charge in [0.1, 0.15) is 5.75 Å². The molecule has 0 bridgehead atoms. The van der Waals surface area contributed by atoms with Crippen molar-refractivity contribution < 1.29 is 4.74 Å². The van der Waals surface area contributed by atoms with Crippen LogP contribution in [0.4, 0.5) is 0 Å². The van der Waals surface area contributed by atoms with Gasteiger partial charge in [-0.05, 0) is 62.0 Å². The zero-order chi connectivity index (χ0) is 13.7. The fraction of sp³-hybridized carbons (Fsp3) is 0.571. The van der Waals surface area contributed by atoms with Crippen LogP contribution in [0.1, 0.15) is 30.9 Å². The molecule has 0 saturated heterocycles. The summed E-state index contributed by atoms with van der Waals surface area (Å²) in [5, 5.41) is 0.757. The van der Waals surface area contributed by atoms with Gasteiger partial charge in [0.2, 0.25) is 0 Å². The number of halogens is 1. The molecule has 0 aliphatic carbocycles. The summed E-state index contributed by atoms with van der Waals surface area (Å²) in [5.41, 5.74) is 13.6. The monoisotopic (exact) mass is 270 g/mol. The normalized spacial score (nSPS) is 12.8. The number of hydrogen-bond acceptors (Lipinski definition) is 3. The number of rotatable bonds is 6. The molecule has 0 radical (unpaired) electrons. The Hall–Kier alpha value is -0.770. The lowest BCUT2D eigenvalue weighted by atomic mass is 9.86. The molecule has 0 spiro atoms. The summed E-state index contributed by atoms with van der Waals surface area (Å²) >= 11 is 6.20. The molecule has 1 aromatic rings. The fourth-order valence-electron chi connectivity index (χ4n) is 2.07. The van der Waals surface area contributed by atoms with Gasteiger partial charge >= 0.3 is 0 Å². The lowest BCUT2D eigenvalue weighted by Crippen LogP contribution is -2.28. The lowest BCUT2D eigenvalue weighted by molar-refractivity contribution is 0.329. The van der Waals surface area contributed by atoms with Crippen LogP contribution < -0.4 is 16.2 Å². The van der Waals surface area contributed by atoms with Crippen molar-refractivity contribution in [3.8, 4) is 5.75 Å². The Morgan fingerprint density at radius 2 is 1.89 bits per heavy atom. The summed E-state index contributed by atoms with van der Waals surface area (Å²) in [4.78, 5) is 0. The highest BCUT2D eigenvalue weighted by Crippen LogP contribution is 2.35. The Labute approximate surface area is 114 Å². The Morgan fingerprint density at radius 3 is 2.39 bits per heavy atom. The Kier molecular flexibility index (Phi) is 5.93. The topological polar surface area (TPSA) is 61.3 Å². The SMILES string of the molecule is CCOc1cc(C)c(Cl)cc1C(C)C(CN)CN. The minimum absolute atomic E-state index is 0.236. The van der Waals surface area contributed by atoms with E-state index in [1.807, 2.05) is 26.0 Å². The molecular weight excluding hydrogens is 248 g/mol. The first-order valence-electron chi connectivity index (χ1n) is 6.38. The van der Waals surface area contributed by atoms with E-state index in [0.717, 1.165) is 21.9 Å². The molecule has 1 rings (SSSR count). The van der Waals surface area contributed by atoms with Crippen molar-refractivity contribution in [2.45, 2.75) is 26.7 Å². The van der Waals surface area contributed by atoms with Crippen LogP contribution in [-0.2, 0) is 0 Å². The van der Waals surface area contributed by atoms with Gasteiger partial charge in [0, 0.05) is 5.02 Å². The molecule has 0 fully saturated rings. The summed E-state index contributed by atoms with van der Waals surface area (Å²) < 4.78 is 5.69. The van der Waals surface area contributed by atoms with Gasteiger partial charge in [0.05, 0.1) is 6.61 Å². The molecule has 0 saturated carbocycles. The number of aryl methyl sites for hydroxylation is 1. The fourth-order valence-corrected chi connectivity index (χ4v) is 2.24. The first-order chi connectivity index (χ1) is 8.54. The molecule has 18 heavy (non-hydrogen) atoms. The molecule has 102 valence electrons. The molecule has 1 atom stereocenters. The number of benzene rings is 1. The standard InChI is InChI=1S/C14H23ClN2O/c1-4-18-14-5-9(2)13(15)6-12(14)10(3)11(7-16)8-17/h5-6,10-11H,4,7-8,16-17H2,1-3H3. The molecule has 0 aliphatic rings. The van der Waals surface area contributed by atoms with Crippen molar-refractivity contribution in [2.75, 3.05) is 19.7 Å². The molecule has 0 amide bonds. The average Bonchev–Trinajstić information content (AvgIpc) is 2.35. The minimum atomic E-state index is 0.236. The second-order valence-electron chi connectivity index (χ2n) is 4.59. The Bertz CT molecular complexity index is 392. The zero-order valence-corrected chi connectivity index (χ0v) is 12.1. The van der Waals surface area contributed by atoms with Gasteiger partial charge in [0.15, 0.2) is 0 Å². The summed E-state index contributed by atoms with van der Waals surface area (Å²) in [6.45, 7) is 7.83. The molecule has 4 N–H and O–H groups in total. The molecule has 3 nitrogen and oxygen atoms in total. The maximum Gasteiger partial charge on any atom is 0.123 e. The maximum absolute atomic E-state index is 6.20. The van der Waals surface area contributed by atoms with Gasteiger partial charge < -0.3 is 16.2 Å². The largest absolute Gasteiger partial charge is 0.494 e. The van der Waals surface area contributed by atoms with Crippen molar-refractivity contribution in [1.29, 1.82) is 0 Å². The smallest absolute Gasteiger partial charge is 0.123 e. The predicted molar refractivity (Wildman–Crippen MR) is 77.4 cm³/mol. The molecule has 1 unspecified atom stereocenters. The van der Waals surface area contributed by atoms with Crippen LogP contribution in [0.2, 0.25) is 5.02 Å². The van der Waals surface area contributed by atoms with Gasteiger partial charge in [-0.3, -0.25) is 0 Å². The molecule has 0 aliphatic heterocycles. The first kappa shape index (κ1) is 15.3. The van der Waals surface area contributed by atoms with Crippen LogP contribution >= 0.6 is 11.6 Å². The number of nitrogens with two attached hydrogens (primary N) is 2. The first-order valence-corrected chi connectivity index (χ1v) is 6.75. The number of hydrogen-bond donors (Lipinski definition) is 2. The van der Waals surface area contributed by atoms with E-state index in [2.05, 4.69) is 6.92 Å². The van der Waals surface area contributed by atoms with E-state index in [4.69, 9.17) is 27.8 Å². The minimum Gasteiger partial charge on any atom is -0.494 e. The van der Waals surface area contributed by atoms with Gasteiger partial charge in [-0.2, -0.15) is 0 Å². The van der Waals surface area contributed by atoms with Crippen molar-refractivity contribution in [1.82, 2.24) is 0 Å². The molecule has 0 aromatic heterocycles. The second-order valence-corrected chi connectivity index (χ2v) is 5.00. The lowest BCUT2D eigenvalue weighted by Gasteiger charge is -2.24. The Morgan fingerprint density at radius 1 is 1.28 bits per heavy atom. The van der Waals surface area contributed by atoms with Crippen molar-refractivity contribution >= 4 is 11.6 Å². The number of ether oxygens (including phenoxy) is 1. The van der Waals surface area contributed by atoms with Gasteiger partial charge in [-0.1, -0.05) is 18.5 Å². The molecule has 0 heterocycles. The van der Waals surface area contributed by atoms with E-state index < -0.39 is 0 Å². The van der Waals surface area contributed by atoms with Crippen LogP contribution in [0, 0.1) is 12.8 Å². The third-order valence-electron chi connectivity index (χ3n) is 3.39. The Balaban J connectivity index is 3.15. The van der Waals surface area contributed by atoms with Crippen LogP contribution in [0.25, 0.3) is 0 Å². The van der Waals surface area contributed by atoms with Crippen molar-refractivity contribution in [2.24, 2.45) is 17.4 Å². The van der Waals surface area contributed by atoms with E-state index >= 15 is 0 Å². The van der Waals surface area contributed by atoms with E-state index in [1.54, 1.807) is 0 Å². The molecular formula is C14H23ClN2O. The third kappa shape index (κ3) is 3.37. The van der Waals surface area contributed by atoms with Crippen LogP contribution in [0.15, 0.2) is 12.1 Å². The molecule has 4 heteroatoms. The van der Waals surface area contributed by atoms with Gasteiger partial charge in [-0.15, -0.1) is 0 Å². The summed E-state index contributed by atoms with van der Waals surface area (Å²) in [5.74, 6) is 1.36. The highest BCUT2D eigenvalue weighted by Gasteiger charge is 2.21. The van der Waals surface area contributed by atoms with E-state index in [-0.39, 0.29) is 11.8 Å². The van der Waals surface area contributed by atoms with Gasteiger partial charge in [0.25, 0.3) is 0 Å². The summed E-state index contributed by atoms with van der Waals surface area (Å²) in [6, 6.07) is 3.96. The van der Waals surface area contributed by atoms with Crippen LogP contribution in [-0.4, -0.2) is 19.7 Å². The van der Waals surface area contributed by atoms with E-state index in [0.29, 0.717) is 19.7 Å². The van der Waals surface area contributed by atoms with Crippen LogP contribution in [0.5, 0.6) is 5.75 Å². The van der Waals surface area contributed by atoms with E-state index in [1.165, 1.54) is 0 Å². The van der Waals surface area contributed by atoms with Gasteiger partial charge in [-0.25, -0.2) is 0 Å². The summed E-state index contributed by atoms with van der Waals surface area (Å²) in [6.07, 6.45) is 0. The third-order valence-corrected chi connectivity index (χ3v) is 3.80. The molecule has 1 aromatic carbocycles. The van der Waals surface area contributed by atoms with Crippen molar-refractivity contribution in [3.63, 3.8) is 0 Å². The maximum atomic E-state index is 6.20. The highest BCUT2D eigenvalue weighted by molar-refractivity contribution is 6.31. The average molecular weight is 271 g/mol. The van der Waals surface area contributed by atoms with Crippen molar-refractivity contribution in [3.05, 3.63) is 28.3 Å².